The molecule has 1 aromatic rings. The molecule has 0 aromatic carbocycles. The summed E-state index contributed by atoms with van der Waals surface area (Å²) in [5.41, 5.74) is 1.23. The van der Waals surface area contributed by atoms with Gasteiger partial charge in [0.15, 0.2) is 0 Å². The Balaban J connectivity index is 1.99. The first-order valence-corrected chi connectivity index (χ1v) is 7.17. The Morgan fingerprint density at radius 1 is 1.50 bits per heavy atom. The molecule has 2 rings (SSSR count). The predicted octanol–water partition coefficient (Wildman–Crippen LogP) is 2.68. The van der Waals surface area contributed by atoms with E-state index in [1.54, 1.807) is 6.33 Å². The molecule has 0 radical (unpaired) electrons. The number of hydrogen-bond acceptors (Lipinski definition) is 3. The number of piperidine rings is 1. The van der Waals surface area contributed by atoms with Gasteiger partial charge in [0.2, 0.25) is 0 Å². The van der Waals surface area contributed by atoms with E-state index in [0.717, 1.165) is 31.8 Å². The summed E-state index contributed by atoms with van der Waals surface area (Å²) in [7, 11) is 2.02. The minimum absolute atomic E-state index is 0.518. The predicted molar refractivity (Wildman–Crippen MR) is 82.5 cm³/mol. The fraction of sp³-hybridized carbons (Fsp3) is 0.500. The molecular formula is C16H24N4. The van der Waals surface area contributed by atoms with Crippen LogP contribution in [0.3, 0.4) is 0 Å². The molecular weight excluding hydrogens is 248 g/mol. The highest BCUT2D eigenvalue weighted by Gasteiger charge is 2.28. The van der Waals surface area contributed by atoms with E-state index in [2.05, 4.69) is 35.2 Å². The number of hydrogen-bond donors (Lipinski definition) is 0. The Hall–Kier alpha value is -1.68. The molecule has 0 unspecified atom stereocenters. The lowest BCUT2D eigenvalue weighted by Crippen LogP contribution is -2.41. The first kappa shape index (κ1) is 14.7. The first-order valence-electron chi connectivity index (χ1n) is 7.17. The van der Waals surface area contributed by atoms with Crippen LogP contribution in [0.2, 0.25) is 0 Å². The molecule has 1 aliphatic heterocycles. The van der Waals surface area contributed by atoms with Gasteiger partial charge >= 0.3 is 0 Å². The molecule has 1 aliphatic rings. The lowest BCUT2D eigenvalue weighted by atomic mass is 9.90. The summed E-state index contributed by atoms with van der Waals surface area (Å²) >= 11 is 0. The average Bonchev–Trinajstić information content (AvgIpc) is 2.86. The van der Waals surface area contributed by atoms with Gasteiger partial charge in [-0.05, 0) is 31.9 Å². The van der Waals surface area contributed by atoms with Crippen LogP contribution in [-0.4, -0.2) is 38.8 Å². The smallest absolute Gasteiger partial charge is 0.135 e. The van der Waals surface area contributed by atoms with Crippen molar-refractivity contribution in [2.24, 2.45) is 7.05 Å². The Morgan fingerprint density at radius 2 is 2.30 bits per heavy atom. The van der Waals surface area contributed by atoms with E-state index in [9.17, 15) is 0 Å². The van der Waals surface area contributed by atoms with Gasteiger partial charge in [-0.1, -0.05) is 31.4 Å². The maximum Gasteiger partial charge on any atom is 0.135 e. The van der Waals surface area contributed by atoms with Gasteiger partial charge < -0.3 is 4.57 Å². The average molecular weight is 272 g/mol. The minimum Gasteiger partial charge on any atom is -0.320 e. The monoisotopic (exact) mass is 272 g/mol. The molecule has 20 heavy (non-hydrogen) atoms. The molecule has 4 heteroatoms. The molecule has 2 heterocycles. The second-order valence-corrected chi connectivity index (χ2v) is 5.52. The number of likely N-dealkylation sites (tertiary alicyclic amines) is 1. The summed E-state index contributed by atoms with van der Waals surface area (Å²) in [6.45, 7) is 11.9. The molecule has 0 aliphatic carbocycles. The van der Waals surface area contributed by atoms with Crippen molar-refractivity contribution in [2.75, 3.05) is 13.1 Å². The topological polar surface area (TPSA) is 34.0 Å². The van der Waals surface area contributed by atoms with Crippen LogP contribution in [0.15, 0.2) is 43.3 Å². The zero-order valence-corrected chi connectivity index (χ0v) is 12.5. The van der Waals surface area contributed by atoms with E-state index < -0.39 is 0 Å². The number of rotatable bonds is 5. The third-order valence-electron chi connectivity index (χ3n) is 4.11. The standard InChI is InChI=1S/C16H24N4/c1-5-7-14(6-2)11-20-9-8-15(10-13(20)3)16-18-17-12-19(16)4/h5-7,12-13,15H,1-2,8-11H2,3-4H3/b14-7+/t13-,15-/m1/s1. The van der Waals surface area contributed by atoms with Crippen LogP contribution < -0.4 is 0 Å². The SMILES string of the molecule is C=C/C=C(\C=C)CN1CC[C@@H](c2nncn2C)C[C@H]1C. The van der Waals surface area contributed by atoms with Crippen molar-refractivity contribution in [3.63, 3.8) is 0 Å². The van der Waals surface area contributed by atoms with Crippen molar-refractivity contribution in [3.05, 3.63) is 49.1 Å². The van der Waals surface area contributed by atoms with Crippen LogP contribution >= 0.6 is 0 Å². The summed E-state index contributed by atoms with van der Waals surface area (Å²) < 4.78 is 2.04. The van der Waals surface area contributed by atoms with E-state index in [1.165, 1.54) is 5.57 Å². The van der Waals surface area contributed by atoms with Crippen LogP contribution in [0.4, 0.5) is 0 Å². The fourth-order valence-electron chi connectivity index (χ4n) is 2.92. The molecule has 1 aromatic heterocycles. The second-order valence-electron chi connectivity index (χ2n) is 5.52. The van der Waals surface area contributed by atoms with Crippen molar-refractivity contribution in [3.8, 4) is 0 Å². The van der Waals surface area contributed by atoms with E-state index in [1.807, 2.05) is 29.8 Å². The van der Waals surface area contributed by atoms with Crippen molar-refractivity contribution in [1.29, 1.82) is 0 Å². The van der Waals surface area contributed by atoms with Gasteiger partial charge in [-0.3, -0.25) is 4.90 Å². The zero-order chi connectivity index (χ0) is 14.5. The summed E-state index contributed by atoms with van der Waals surface area (Å²) in [6, 6.07) is 0.540. The Labute approximate surface area is 121 Å². The summed E-state index contributed by atoms with van der Waals surface area (Å²) in [4.78, 5) is 2.50. The maximum atomic E-state index is 4.26. The van der Waals surface area contributed by atoms with Crippen LogP contribution in [0.5, 0.6) is 0 Å². The van der Waals surface area contributed by atoms with Crippen molar-refractivity contribution < 1.29 is 0 Å². The highest BCUT2D eigenvalue weighted by molar-refractivity contribution is 5.23. The third kappa shape index (κ3) is 3.25. The maximum absolute atomic E-state index is 4.26. The number of nitrogens with zero attached hydrogens (tertiary/aromatic N) is 4. The second kappa shape index (κ2) is 6.66. The Kier molecular flexibility index (Phi) is 4.90. The molecule has 4 nitrogen and oxygen atoms in total. The zero-order valence-electron chi connectivity index (χ0n) is 12.5. The molecule has 0 N–H and O–H groups in total. The van der Waals surface area contributed by atoms with E-state index in [0.29, 0.717) is 12.0 Å². The largest absolute Gasteiger partial charge is 0.320 e. The lowest BCUT2D eigenvalue weighted by Gasteiger charge is -2.37. The van der Waals surface area contributed by atoms with Gasteiger partial charge in [0, 0.05) is 25.6 Å². The summed E-state index contributed by atoms with van der Waals surface area (Å²) in [5, 5.41) is 8.25. The summed E-state index contributed by atoms with van der Waals surface area (Å²) in [6.07, 6.45) is 9.83. The molecule has 0 amide bonds. The van der Waals surface area contributed by atoms with Gasteiger partial charge in [0.25, 0.3) is 0 Å². The van der Waals surface area contributed by atoms with E-state index >= 15 is 0 Å². The molecule has 0 bridgehead atoms. The molecule has 1 fully saturated rings. The van der Waals surface area contributed by atoms with E-state index in [-0.39, 0.29) is 0 Å². The van der Waals surface area contributed by atoms with Crippen LogP contribution in [0.1, 0.15) is 31.5 Å². The fourth-order valence-corrected chi connectivity index (χ4v) is 2.92. The van der Waals surface area contributed by atoms with Crippen molar-refractivity contribution in [1.82, 2.24) is 19.7 Å². The normalized spacial score (nSPS) is 24.6. The Morgan fingerprint density at radius 3 is 2.85 bits per heavy atom. The van der Waals surface area contributed by atoms with Gasteiger partial charge in [-0.25, -0.2) is 0 Å². The van der Waals surface area contributed by atoms with Gasteiger partial charge in [0.1, 0.15) is 12.2 Å². The molecule has 108 valence electrons. The summed E-state index contributed by atoms with van der Waals surface area (Å²) in [5.74, 6) is 1.63. The lowest BCUT2D eigenvalue weighted by molar-refractivity contribution is 0.157. The van der Waals surface area contributed by atoms with Crippen molar-refractivity contribution in [2.45, 2.75) is 31.7 Å². The molecule has 0 saturated carbocycles. The number of aromatic nitrogens is 3. The van der Waals surface area contributed by atoms with Crippen LogP contribution in [0, 0.1) is 0 Å². The highest BCUT2D eigenvalue weighted by Crippen LogP contribution is 2.30. The third-order valence-corrected chi connectivity index (χ3v) is 4.11. The minimum atomic E-state index is 0.518. The van der Waals surface area contributed by atoms with Crippen LogP contribution in [0.25, 0.3) is 0 Å². The van der Waals surface area contributed by atoms with Gasteiger partial charge in [-0.2, -0.15) is 0 Å². The van der Waals surface area contributed by atoms with Crippen molar-refractivity contribution >= 4 is 0 Å². The van der Waals surface area contributed by atoms with Gasteiger partial charge in [0.05, 0.1) is 0 Å². The molecule has 1 saturated heterocycles. The Bertz CT molecular complexity index is 500. The number of aryl methyl sites for hydroxylation is 1. The number of allylic oxidation sites excluding steroid dienone is 2. The highest BCUT2D eigenvalue weighted by atomic mass is 15.3. The molecule has 0 spiro atoms. The quantitative estimate of drug-likeness (QED) is 0.773. The first-order chi connectivity index (χ1) is 9.65. The van der Waals surface area contributed by atoms with Crippen LogP contribution in [-0.2, 0) is 7.05 Å². The van der Waals surface area contributed by atoms with Gasteiger partial charge in [-0.15, -0.1) is 10.2 Å². The molecule has 2 atom stereocenters. The van der Waals surface area contributed by atoms with E-state index in [4.69, 9.17) is 0 Å².